The smallest absolute Gasteiger partial charge is 0.365 e. The normalized spacial score (nSPS) is 20.2. The van der Waals surface area contributed by atoms with Gasteiger partial charge in [0.15, 0.2) is 11.8 Å². The van der Waals surface area contributed by atoms with Crippen LogP contribution in [0.25, 0.3) is 0 Å². The van der Waals surface area contributed by atoms with E-state index in [2.05, 4.69) is 9.89 Å². The molecule has 1 unspecified atom stereocenters. The summed E-state index contributed by atoms with van der Waals surface area (Å²) in [4.78, 5) is 13.2. The Labute approximate surface area is 113 Å². The minimum Gasteiger partial charge on any atom is -0.365 e. The quantitative estimate of drug-likeness (QED) is 0.855. The number of nitrogens with zero attached hydrogens (tertiary/aromatic N) is 2. The number of carbonyl (C=O) groups excluding carboxylic acids is 1. The first kappa shape index (κ1) is 14.8. The zero-order valence-electron chi connectivity index (χ0n) is 10.9. The summed E-state index contributed by atoms with van der Waals surface area (Å²) in [7, 11) is 0. The molecular weight excluding hydrogens is 277 g/mol. The Balaban J connectivity index is 2.04. The average Bonchev–Trinajstić information content (AvgIpc) is 2.86. The molecule has 0 N–H and O–H groups in total. The van der Waals surface area contributed by atoms with Gasteiger partial charge in [0, 0.05) is 19.0 Å². The standard InChI is InChI=1S/C12H15F3N2O3/c1-2-3-8-6-9(16-20-8)11(18)17-4-5-19-10(7-17)12(13,14)15/h6,10H,2-5,7H2,1H3. The van der Waals surface area contributed by atoms with Crippen LogP contribution < -0.4 is 0 Å². The third-order valence-electron chi connectivity index (χ3n) is 2.99. The predicted molar refractivity (Wildman–Crippen MR) is 62.2 cm³/mol. The molecule has 1 fully saturated rings. The number of alkyl halides is 3. The number of amides is 1. The van der Waals surface area contributed by atoms with Crippen molar-refractivity contribution in [1.82, 2.24) is 10.1 Å². The van der Waals surface area contributed by atoms with Crippen LogP contribution in [0.2, 0.25) is 0 Å². The fraction of sp³-hybridized carbons (Fsp3) is 0.667. The van der Waals surface area contributed by atoms with Crippen LogP contribution in [0.15, 0.2) is 10.6 Å². The Kier molecular flexibility index (Phi) is 4.32. The van der Waals surface area contributed by atoms with Crippen LogP contribution in [0.5, 0.6) is 0 Å². The Hall–Kier alpha value is -1.57. The zero-order valence-corrected chi connectivity index (χ0v) is 10.9. The van der Waals surface area contributed by atoms with Crippen LogP contribution in [0.3, 0.4) is 0 Å². The van der Waals surface area contributed by atoms with E-state index in [9.17, 15) is 18.0 Å². The van der Waals surface area contributed by atoms with E-state index < -0.39 is 24.7 Å². The van der Waals surface area contributed by atoms with Crippen LogP contribution in [0, 0.1) is 0 Å². The molecule has 0 bridgehead atoms. The predicted octanol–water partition coefficient (Wildman–Crippen LogP) is 2.03. The molecule has 112 valence electrons. The van der Waals surface area contributed by atoms with E-state index in [0.29, 0.717) is 12.2 Å². The number of morpholine rings is 1. The first-order chi connectivity index (χ1) is 9.41. The highest BCUT2D eigenvalue weighted by molar-refractivity contribution is 5.92. The van der Waals surface area contributed by atoms with Crippen molar-refractivity contribution in [3.63, 3.8) is 0 Å². The Bertz CT molecular complexity index is 473. The summed E-state index contributed by atoms with van der Waals surface area (Å²) in [6, 6.07) is 1.48. The highest BCUT2D eigenvalue weighted by Crippen LogP contribution is 2.26. The lowest BCUT2D eigenvalue weighted by atomic mass is 10.2. The number of hydrogen-bond acceptors (Lipinski definition) is 4. The Morgan fingerprint density at radius 2 is 2.30 bits per heavy atom. The fourth-order valence-corrected chi connectivity index (χ4v) is 1.97. The number of halogens is 3. The van der Waals surface area contributed by atoms with E-state index in [-0.39, 0.29) is 18.8 Å². The van der Waals surface area contributed by atoms with Crippen molar-refractivity contribution in [2.45, 2.75) is 32.0 Å². The number of hydrogen-bond donors (Lipinski definition) is 0. The molecule has 1 amide bonds. The number of rotatable bonds is 3. The van der Waals surface area contributed by atoms with Crippen LogP contribution in [0.4, 0.5) is 13.2 Å². The summed E-state index contributed by atoms with van der Waals surface area (Å²) in [6.07, 6.45) is -4.96. The Morgan fingerprint density at radius 3 is 2.95 bits per heavy atom. The van der Waals surface area contributed by atoms with Crippen molar-refractivity contribution in [2.75, 3.05) is 19.7 Å². The van der Waals surface area contributed by atoms with Gasteiger partial charge >= 0.3 is 6.18 Å². The molecule has 1 aromatic rings. The lowest BCUT2D eigenvalue weighted by Gasteiger charge is -2.33. The van der Waals surface area contributed by atoms with Crippen LogP contribution in [-0.2, 0) is 11.2 Å². The maximum atomic E-state index is 12.6. The molecule has 1 atom stereocenters. The van der Waals surface area contributed by atoms with E-state index in [4.69, 9.17) is 4.52 Å². The van der Waals surface area contributed by atoms with Crippen LogP contribution in [-0.4, -0.2) is 47.9 Å². The highest BCUT2D eigenvalue weighted by Gasteiger charge is 2.44. The van der Waals surface area contributed by atoms with Gasteiger partial charge in [0.25, 0.3) is 5.91 Å². The average molecular weight is 292 g/mol. The lowest BCUT2D eigenvalue weighted by Crippen LogP contribution is -2.51. The SMILES string of the molecule is CCCc1cc(C(=O)N2CCOC(C(F)(F)F)C2)no1. The van der Waals surface area contributed by atoms with Gasteiger partial charge in [0.2, 0.25) is 0 Å². The fourth-order valence-electron chi connectivity index (χ4n) is 1.97. The zero-order chi connectivity index (χ0) is 14.8. The van der Waals surface area contributed by atoms with Crippen molar-refractivity contribution in [2.24, 2.45) is 0 Å². The molecule has 2 heterocycles. The van der Waals surface area contributed by atoms with Crippen molar-refractivity contribution >= 4 is 5.91 Å². The molecule has 0 saturated carbocycles. The van der Waals surface area contributed by atoms with Crippen LogP contribution in [0.1, 0.15) is 29.6 Å². The third-order valence-corrected chi connectivity index (χ3v) is 2.99. The molecule has 5 nitrogen and oxygen atoms in total. The Morgan fingerprint density at radius 1 is 1.55 bits per heavy atom. The summed E-state index contributed by atoms with van der Waals surface area (Å²) in [5, 5.41) is 3.61. The summed E-state index contributed by atoms with van der Waals surface area (Å²) < 4.78 is 47.4. The van der Waals surface area contributed by atoms with E-state index in [0.717, 1.165) is 11.3 Å². The molecule has 1 aliphatic heterocycles. The van der Waals surface area contributed by atoms with Crippen LogP contribution >= 0.6 is 0 Å². The molecule has 0 aromatic carbocycles. The molecule has 0 aliphatic carbocycles. The molecule has 1 saturated heterocycles. The number of aromatic nitrogens is 1. The van der Waals surface area contributed by atoms with Gasteiger partial charge in [-0.2, -0.15) is 13.2 Å². The van der Waals surface area contributed by atoms with Crippen molar-refractivity contribution in [3.05, 3.63) is 17.5 Å². The molecule has 1 aliphatic rings. The maximum Gasteiger partial charge on any atom is 0.416 e. The van der Waals surface area contributed by atoms with Crippen molar-refractivity contribution in [1.29, 1.82) is 0 Å². The second-order valence-corrected chi connectivity index (χ2v) is 4.58. The maximum absolute atomic E-state index is 12.6. The summed E-state index contributed by atoms with van der Waals surface area (Å²) in [5.41, 5.74) is 0.0382. The molecule has 1 aromatic heterocycles. The van der Waals surface area contributed by atoms with Gasteiger partial charge in [-0.1, -0.05) is 12.1 Å². The third kappa shape index (κ3) is 3.30. The second-order valence-electron chi connectivity index (χ2n) is 4.58. The van der Waals surface area contributed by atoms with Gasteiger partial charge in [0.1, 0.15) is 5.76 Å². The number of aryl methyl sites for hydroxylation is 1. The molecule has 0 radical (unpaired) electrons. The first-order valence-corrected chi connectivity index (χ1v) is 6.35. The first-order valence-electron chi connectivity index (χ1n) is 6.35. The van der Waals surface area contributed by atoms with Crippen molar-refractivity contribution < 1.29 is 27.2 Å². The van der Waals surface area contributed by atoms with Gasteiger partial charge in [-0.25, -0.2) is 0 Å². The summed E-state index contributed by atoms with van der Waals surface area (Å²) in [6.45, 7) is 1.40. The number of ether oxygens (including phenoxy) is 1. The largest absolute Gasteiger partial charge is 0.416 e. The van der Waals surface area contributed by atoms with Gasteiger partial charge in [0.05, 0.1) is 13.2 Å². The molecule has 20 heavy (non-hydrogen) atoms. The highest BCUT2D eigenvalue weighted by atomic mass is 19.4. The van der Waals surface area contributed by atoms with E-state index in [1.165, 1.54) is 6.07 Å². The van der Waals surface area contributed by atoms with E-state index in [1.807, 2.05) is 6.92 Å². The molecule has 0 spiro atoms. The molecule has 2 rings (SSSR count). The lowest BCUT2D eigenvalue weighted by molar-refractivity contribution is -0.233. The minimum atomic E-state index is -4.48. The topological polar surface area (TPSA) is 55.6 Å². The van der Waals surface area contributed by atoms with Gasteiger partial charge in [-0.15, -0.1) is 0 Å². The van der Waals surface area contributed by atoms with Gasteiger partial charge in [-0.05, 0) is 6.42 Å². The monoisotopic (exact) mass is 292 g/mol. The second kappa shape index (κ2) is 5.82. The summed E-state index contributed by atoms with van der Waals surface area (Å²) >= 11 is 0. The van der Waals surface area contributed by atoms with E-state index in [1.54, 1.807) is 0 Å². The molecule has 8 heteroatoms. The number of carbonyl (C=O) groups is 1. The van der Waals surface area contributed by atoms with Gasteiger partial charge < -0.3 is 14.2 Å². The summed E-state index contributed by atoms with van der Waals surface area (Å²) in [5.74, 6) is -0.00914. The molecular formula is C12H15F3N2O3. The van der Waals surface area contributed by atoms with E-state index >= 15 is 0 Å². The minimum absolute atomic E-state index is 0.0382. The van der Waals surface area contributed by atoms with Crippen molar-refractivity contribution in [3.8, 4) is 0 Å². The van der Waals surface area contributed by atoms with Gasteiger partial charge in [-0.3, -0.25) is 4.79 Å².